The van der Waals surface area contributed by atoms with E-state index in [4.69, 9.17) is 5.73 Å². The van der Waals surface area contributed by atoms with Gasteiger partial charge in [-0.1, -0.05) is 20.8 Å². The fourth-order valence-electron chi connectivity index (χ4n) is 1.58. The summed E-state index contributed by atoms with van der Waals surface area (Å²) in [5.74, 6) is 0. The molecule has 0 aliphatic carbocycles. The summed E-state index contributed by atoms with van der Waals surface area (Å²) >= 11 is 0. The van der Waals surface area contributed by atoms with Crippen LogP contribution in [0.4, 0.5) is 5.69 Å². The molecule has 0 aliphatic rings. The standard InChI is InChI=1S/C13H22N2O2S/c1-10-7-11(14)9-12(8-10)18(16,17)15-6-5-13(2,3)4/h7-9,15H,5-6,14H2,1-4H3. The highest BCUT2D eigenvalue weighted by Gasteiger charge is 2.16. The summed E-state index contributed by atoms with van der Waals surface area (Å²) in [5, 5.41) is 0. The molecule has 102 valence electrons. The van der Waals surface area contributed by atoms with Gasteiger partial charge in [0.05, 0.1) is 4.90 Å². The molecule has 4 nitrogen and oxygen atoms in total. The van der Waals surface area contributed by atoms with Crippen molar-refractivity contribution < 1.29 is 8.42 Å². The average Bonchev–Trinajstić information content (AvgIpc) is 2.13. The first-order valence-electron chi connectivity index (χ1n) is 5.97. The number of nitrogens with two attached hydrogens (primary N) is 1. The molecule has 18 heavy (non-hydrogen) atoms. The number of aryl methyl sites for hydroxylation is 1. The number of rotatable bonds is 4. The topological polar surface area (TPSA) is 72.2 Å². The molecule has 0 unspecified atom stereocenters. The van der Waals surface area contributed by atoms with E-state index in [-0.39, 0.29) is 10.3 Å². The lowest BCUT2D eigenvalue weighted by Crippen LogP contribution is -2.27. The summed E-state index contributed by atoms with van der Waals surface area (Å²) in [4.78, 5) is 0.230. The highest BCUT2D eigenvalue weighted by atomic mass is 32.2. The minimum atomic E-state index is -3.46. The summed E-state index contributed by atoms with van der Waals surface area (Å²) in [6.45, 7) is 8.48. The Labute approximate surface area is 110 Å². The van der Waals surface area contributed by atoms with Crippen LogP contribution in [0.5, 0.6) is 0 Å². The summed E-state index contributed by atoms with van der Waals surface area (Å²) in [7, 11) is -3.46. The molecule has 3 N–H and O–H groups in total. The maximum Gasteiger partial charge on any atom is 0.240 e. The van der Waals surface area contributed by atoms with Crippen molar-refractivity contribution in [3.8, 4) is 0 Å². The van der Waals surface area contributed by atoms with Gasteiger partial charge in [-0.2, -0.15) is 0 Å². The molecule has 0 fully saturated rings. The Morgan fingerprint density at radius 3 is 2.33 bits per heavy atom. The number of anilines is 1. The van der Waals surface area contributed by atoms with Crippen molar-refractivity contribution in [3.05, 3.63) is 23.8 Å². The molecule has 0 amide bonds. The fourth-order valence-corrected chi connectivity index (χ4v) is 2.75. The lowest BCUT2D eigenvalue weighted by atomic mass is 9.93. The molecular weight excluding hydrogens is 248 g/mol. The van der Waals surface area contributed by atoms with Gasteiger partial charge in [-0.15, -0.1) is 0 Å². The maximum atomic E-state index is 12.1. The van der Waals surface area contributed by atoms with Gasteiger partial charge in [0.1, 0.15) is 0 Å². The van der Waals surface area contributed by atoms with Crippen molar-refractivity contribution in [3.63, 3.8) is 0 Å². The monoisotopic (exact) mass is 270 g/mol. The third-order valence-corrected chi connectivity index (χ3v) is 3.99. The van der Waals surface area contributed by atoms with E-state index in [0.29, 0.717) is 12.2 Å². The van der Waals surface area contributed by atoms with Crippen LogP contribution in [-0.4, -0.2) is 15.0 Å². The van der Waals surface area contributed by atoms with Gasteiger partial charge in [0.25, 0.3) is 0 Å². The molecule has 0 heterocycles. The van der Waals surface area contributed by atoms with E-state index in [2.05, 4.69) is 25.5 Å². The predicted octanol–water partition coefficient (Wildman–Crippen LogP) is 2.29. The Kier molecular flexibility index (Phi) is 4.40. The summed E-state index contributed by atoms with van der Waals surface area (Å²) in [6.07, 6.45) is 0.785. The third kappa shape index (κ3) is 4.66. The molecule has 0 atom stereocenters. The Balaban J connectivity index is 2.80. The molecule has 0 aliphatic heterocycles. The van der Waals surface area contributed by atoms with E-state index in [0.717, 1.165) is 12.0 Å². The SMILES string of the molecule is Cc1cc(N)cc(S(=O)(=O)NCCC(C)(C)C)c1. The molecule has 1 aromatic rings. The van der Waals surface area contributed by atoms with Gasteiger partial charge in [0.2, 0.25) is 10.0 Å². The number of nitrogens with one attached hydrogen (secondary N) is 1. The maximum absolute atomic E-state index is 12.1. The molecule has 5 heteroatoms. The molecule has 0 radical (unpaired) electrons. The van der Waals surface area contributed by atoms with Crippen molar-refractivity contribution >= 4 is 15.7 Å². The highest BCUT2D eigenvalue weighted by Crippen LogP contribution is 2.19. The first-order valence-corrected chi connectivity index (χ1v) is 7.45. The van der Waals surface area contributed by atoms with Crippen LogP contribution in [0.15, 0.2) is 23.1 Å². The second kappa shape index (κ2) is 5.28. The Morgan fingerprint density at radius 2 is 1.83 bits per heavy atom. The molecule has 0 bridgehead atoms. The number of nitrogen functional groups attached to an aromatic ring is 1. The second-order valence-corrected chi connectivity index (χ2v) is 7.55. The Hall–Kier alpha value is -1.07. The quantitative estimate of drug-likeness (QED) is 0.825. The van der Waals surface area contributed by atoms with E-state index in [1.165, 1.54) is 6.07 Å². The largest absolute Gasteiger partial charge is 0.399 e. The van der Waals surface area contributed by atoms with Crippen LogP contribution in [0.25, 0.3) is 0 Å². The molecule has 0 saturated heterocycles. The van der Waals surface area contributed by atoms with Crippen LogP contribution in [0.3, 0.4) is 0 Å². The lowest BCUT2D eigenvalue weighted by Gasteiger charge is -2.18. The van der Waals surface area contributed by atoms with Gasteiger partial charge < -0.3 is 5.73 Å². The summed E-state index contributed by atoms with van der Waals surface area (Å²) < 4.78 is 26.7. The predicted molar refractivity (Wildman–Crippen MR) is 74.9 cm³/mol. The summed E-state index contributed by atoms with van der Waals surface area (Å²) in [6, 6.07) is 4.84. The Bertz CT molecular complexity index is 496. The van der Waals surface area contributed by atoms with Crippen molar-refractivity contribution in [2.24, 2.45) is 5.41 Å². The Morgan fingerprint density at radius 1 is 1.22 bits per heavy atom. The minimum Gasteiger partial charge on any atom is -0.399 e. The number of sulfonamides is 1. The van der Waals surface area contributed by atoms with Crippen LogP contribution in [-0.2, 0) is 10.0 Å². The number of hydrogen-bond donors (Lipinski definition) is 2. The van der Waals surface area contributed by atoms with Gasteiger partial charge in [-0.05, 0) is 42.5 Å². The molecule has 1 aromatic carbocycles. The van der Waals surface area contributed by atoms with E-state index >= 15 is 0 Å². The number of benzene rings is 1. The van der Waals surface area contributed by atoms with Crippen LogP contribution < -0.4 is 10.5 Å². The van der Waals surface area contributed by atoms with E-state index in [1.807, 2.05) is 6.92 Å². The molecular formula is C13H22N2O2S. The molecule has 1 rings (SSSR count). The van der Waals surface area contributed by atoms with Crippen LogP contribution in [0, 0.1) is 12.3 Å². The first kappa shape index (κ1) is 15.0. The smallest absolute Gasteiger partial charge is 0.240 e. The van der Waals surface area contributed by atoms with Crippen LogP contribution >= 0.6 is 0 Å². The van der Waals surface area contributed by atoms with Gasteiger partial charge in [0.15, 0.2) is 0 Å². The van der Waals surface area contributed by atoms with E-state index in [9.17, 15) is 8.42 Å². The van der Waals surface area contributed by atoms with Gasteiger partial charge in [-0.3, -0.25) is 0 Å². The van der Waals surface area contributed by atoms with E-state index in [1.54, 1.807) is 12.1 Å². The average molecular weight is 270 g/mol. The zero-order valence-electron chi connectivity index (χ0n) is 11.4. The fraction of sp³-hybridized carbons (Fsp3) is 0.538. The van der Waals surface area contributed by atoms with Gasteiger partial charge in [-0.25, -0.2) is 13.1 Å². The number of hydrogen-bond acceptors (Lipinski definition) is 3. The zero-order chi connectivity index (χ0) is 14.0. The van der Waals surface area contributed by atoms with Crippen LogP contribution in [0.1, 0.15) is 32.8 Å². The van der Waals surface area contributed by atoms with E-state index < -0.39 is 10.0 Å². The minimum absolute atomic E-state index is 0.105. The van der Waals surface area contributed by atoms with Crippen LogP contribution in [0.2, 0.25) is 0 Å². The second-order valence-electron chi connectivity index (χ2n) is 5.79. The van der Waals surface area contributed by atoms with Crippen molar-refractivity contribution in [2.45, 2.75) is 39.0 Å². The van der Waals surface area contributed by atoms with Crippen molar-refractivity contribution in [2.75, 3.05) is 12.3 Å². The lowest BCUT2D eigenvalue weighted by molar-refractivity contribution is 0.378. The molecule has 0 spiro atoms. The molecule has 0 saturated carbocycles. The van der Waals surface area contributed by atoms with Gasteiger partial charge >= 0.3 is 0 Å². The first-order chi connectivity index (χ1) is 8.10. The normalized spacial score (nSPS) is 12.7. The highest BCUT2D eigenvalue weighted by molar-refractivity contribution is 7.89. The summed E-state index contributed by atoms with van der Waals surface area (Å²) in [5.41, 5.74) is 7.07. The third-order valence-electron chi connectivity index (χ3n) is 2.55. The van der Waals surface area contributed by atoms with Crippen molar-refractivity contribution in [1.29, 1.82) is 0 Å². The zero-order valence-corrected chi connectivity index (χ0v) is 12.3. The van der Waals surface area contributed by atoms with Crippen molar-refractivity contribution in [1.82, 2.24) is 4.72 Å². The van der Waals surface area contributed by atoms with Gasteiger partial charge in [0, 0.05) is 12.2 Å². The molecule has 0 aromatic heterocycles.